The second-order valence-corrected chi connectivity index (χ2v) is 10.8. The number of carbonyl (C=O) groups excluding carboxylic acids is 1. The summed E-state index contributed by atoms with van der Waals surface area (Å²) < 4.78 is 29.3. The van der Waals surface area contributed by atoms with Gasteiger partial charge in [0.25, 0.3) is 0 Å². The van der Waals surface area contributed by atoms with Crippen molar-refractivity contribution in [2.24, 2.45) is 5.92 Å². The average Bonchev–Trinajstić information content (AvgIpc) is 3.35. The maximum atomic E-state index is 13.0. The second-order valence-electron chi connectivity index (χ2n) is 8.01. The van der Waals surface area contributed by atoms with Gasteiger partial charge >= 0.3 is 0 Å². The first-order valence-corrected chi connectivity index (χ1v) is 13.0. The topological polar surface area (TPSA) is 84.3 Å². The predicted molar refractivity (Wildman–Crippen MR) is 129 cm³/mol. The highest BCUT2D eigenvalue weighted by molar-refractivity contribution is 7.88. The number of rotatable bonds is 7. The van der Waals surface area contributed by atoms with Crippen LogP contribution in [0.3, 0.4) is 0 Å². The molecule has 0 unspecified atom stereocenters. The molecular weight excluding hydrogens is 483 g/mol. The lowest BCUT2D eigenvalue weighted by Gasteiger charge is -2.31. The highest BCUT2D eigenvalue weighted by Crippen LogP contribution is 2.29. The number of halogens is 2. The lowest BCUT2D eigenvalue weighted by Crippen LogP contribution is -2.45. The van der Waals surface area contributed by atoms with E-state index in [-0.39, 0.29) is 18.2 Å². The number of nitrogens with one attached hydrogen (secondary N) is 1. The number of hydrogen-bond donors (Lipinski definition) is 1. The van der Waals surface area contributed by atoms with Crippen LogP contribution in [0, 0.1) is 5.92 Å². The molecule has 33 heavy (non-hydrogen) atoms. The van der Waals surface area contributed by atoms with E-state index < -0.39 is 15.9 Å². The second kappa shape index (κ2) is 10.3. The van der Waals surface area contributed by atoms with Crippen molar-refractivity contribution in [2.75, 3.05) is 13.1 Å². The summed E-state index contributed by atoms with van der Waals surface area (Å²) in [5, 5.41) is 3.57. The SMILES string of the molecule is O=C(NCc1ccc(-n2ccnc2)cc1)[C@@H]1CCCN(S(=O)(=O)Cc2c(Cl)cccc2Cl)C1. The van der Waals surface area contributed by atoms with Crippen LogP contribution in [0.5, 0.6) is 0 Å². The molecule has 174 valence electrons. The van der Waals surface area contributed by atoms with Crippen molar-refractivity contribution in [1.29, 1.82) is 0 Å². The monoisotopic (exact) mass is 506 g/mol. The summed E-state index contributed by atoms with van der Waals surface area (Å²) in [7, 11) is -3.66. The summed E-state index contributed by atoms with van der Waals surface area (Å²) in [6.45, 7) is 0.904. The van der Waals surface area contributed by atoms with E-state index in [0.717, 1.165) is 11.3 Å². The number of hydrogen-bond acceptors (Lipinski definition) is 4. The molecule has 4 rings (SSSR count). The van der Waals surface area contributed by atoms with Crippen LogP contribution >= 0.6 is 23.2 Å². The minimum absolute atomic E-state index is 0.149. The van der Waals surface area contributed by atoms with E-state index in [4.69, 9.17) is 23.2 Å². The van der Waals surface area contributed by atoms with Crippen LogP contribution < -0.4 is 5.32 Å². The van der Waals surface area contributed by atoms with E-state index in [0.29, 0.717) is 41.5 Å². The average molecular weight is 507 g/mol. The largest absolute Gasteiger partial charge is 0.352 e. The van der Waals surface area contributed by atoms with Crippen molar-refractivity contribution in [3.63, 3.8) is 0 Å². The van der Waals surface area contributed by atoms with Gasteiger partial charge in [0.05, 0.1) is 18.0 Å². The molecule has 10 heteroatoms. The molecule has 0 spiro atoms. The molecule has 1 N–H and O–H groups in total. The zero-order valence-electron chi connectivity index (χ0n) is 17.8. The highest BCUT2D eigenvalue weighted by Gasteiger charge is 2.33. The zero-order chi connectivity index (χ0) is 23.4. The molecule has 1 aromatic heterocycles. The van der Waals surface area contributed by atoms with Crippen molar-refractivity contribution >= 4 is 39.1 Å². The van der Waals surface area contributed by atoms with E-state index in [9.17, 15) is 13.2 Å². The molecular formula is C23H24Cl2N4O3S. The summed E-state index contributed by atoms with van der Waals surface area (Å²) in [6, 6.07) is 12.7. The minimum atomic E-state index is -3.66. The van der Waals surface area contributed by atoms with Gasteiger partial charge in [0.1, 0.15) is 0 Å². The quantitative estimate of drug-likeness (QED) is 0.523. The van der Waals surface area contributed by atoms with Crippen LogP contribution in [0.25, 0.3) is 5.69 Å². The Morgan fingerprint density at radius 2 is 1.85 bits per heavy atom. The minimum Gasteiger partial charge on any atom is -0.352 e. The third kappa shape index (κ3) is 5.76. The van der Waals surface area contributed by atoms with Crippen molar-refractivity contribution in [2.45, 2.75) is 25.1 Å². The van der Waals surface area contributed by atoms with Gasteiger partial charge in [-0.1, -0.05) is 41.4 Å². The van der Waals surface area contributed by atoms with Crippen LogP contribution in [-0.2, 0) is 27.1 Å². The number of nitrogens with zero attached hydrogens (tertiary/aromatic N) is 3. The van der Waals surface area contributed by atoms with Gasteiger partial charge in [0.15, 0.2) is 0 Å². The molecule has 0 aliphatic carbocycles. The molecule has 2 heterocycles. The summed E-state index contributed by atoms with van der Waals surface area (Å²) >= 11 is 12.3. The number of sulfonamides is 1. The number of aromatic nitrogens is 2. The fraction of sp³-hybridized carbons (Fsp3) is 0.304. The Morgan fingerprint density at radius 1 is 1.12 bits per heavy atom. The fourth-order valence-corrected chi connectivity index (χ4v) is 6.25. The van der Waals surface area contributed by atoms with Gasteiger partial charge in [-0.3, -0.25) is 4.79 Å². The van der Waals surface area contributed by atoms with Crippen molar-refractivity contribution in [3.8, 4) is 5.69 Å². The standard InChI is InChI=1S/C23H24Cl2N4O3S/c24-21-4-1-5-22(25)20(21)15-33(31,32)29-11-2-3-18(14-29)23(30)27-13-17-6-8-19(9-7-17)28-12-10-26-16-28/h1,4-10,12,16,18H,2-3,11,13-15H2,(H,27,30)/t18-/m1/s1. The Kier molecular flexibility index (Phi) is 7.38. The van der Waals surface area contributed by atoms with Crippen LogP contribution in [0.15, 0.2) is 61.2 Å². The van der Waals surface area contributed by atoms with E-state index in [1.807, 2.05) is 35.0 Å². The molecule has 0 bridgehead atoms. The van der Waals surface area contributed by atoms with Gasteiger partial charge in [-0.05, 0) is 42.7 Å². The maximum absolute atomic E-state index is 13.0. The maximum Gasteiger partial charge on any atom is 0.224 e. The number of piperidine rings is 1. The highest BCUT2D eigenvalue weighted by atomic mass is 35.5. The van der Waals surface area contributed by atoms with Gasteiger partial charge in [-0.2, -0.15) is 0 Å². The summed E-state index contributed by atoms with van der Waals surface area (Å²) in [4.78, 5) is 16.8. The van der Waals surface area contributed by atoms with Crippen molar-refractivity contribution in [3.05, 3.63) is 82.4 Å². The lowest BCUT2D eigenvalue weighted by molar-refractivity contribution is -0.126. The van der Waals surface area contributed by atoms with Crippen LogP contribution in [0.1, 0.15) is 24.0 Å². The summed E-state index contributed by atoms with van der Waals surface area (Å²) in [5.41, 5.74) is 2.32. The predicted octanol–water partition coefficient (Wildman–Crippen LogP) is 4.04. The molecule has 1 saturated heterocycles. The molecule has 1 aliphatic rings. The summed E-state index contributed by atoms with van der Waals surface area (Å²) in [5.74, 6) is -0.840. The third-order valence-electron chi connectivity index (χ3n) is 5.74. The third-order valence-corrected chi connectivity index (χ3v) is 8.22. The van der Waals surface area contributed by atoms with Gasteiger partial charge in [-0.25, -0.2) is 17.7 Å². The molecule has 1 amide bonds. The molecule has 0 saturated carbocycles. The van der Waals surface area contributed by atoms with E-state index in [1.165, 1.54) is 4.31 Å². The Bertz CT molecular complexity index is 1190. The Balaban J connectivity index is 1.35. The number of benzene rings is 2. The molecule has 7 nitrogen and oxygen atoms in total. The molecule has 2 aromatic carbocycles. The van der Waals surface area contributed by atoms with Gasteiger partial charge in [-0.15, -0.1) is 0 Å². The van der Waals surface area contributed by atoms with E-state index >= 15 is 0 Å². The first-order chi connectivity index (χ1) is 15.8. The number of carbonyl (C=O) groups is 1. The van der Waals surface area contributed by atoms with Crippen molar-refractivity contribution < 1.29 is 13.2 Å². The van der Waals surface area contributed by atoms with Crippen LogP contribution in [-0.4, -0.2) is 41.3 Å². The molecule has 1 fully saturated rings. The van der Waals surface area contributed by atoms with Gasteiger partial charge in [0.2, 0.25) is 15.9 Å². The fourth-order valence-electron chi connectivity index (χ4n) is 3.88. The van der Waals surface area contributed by atoms with Gasteiger partial charge in [0, 0.05) is 53.3 Å². The Hall–Kier alpha value is -2.39. The summed E-state index contributed by atoms with van der Waals surface area (Å²) in [6.07, 6.45) is 6.56. The molecule has 0 radical (unpaired) electrons. The first kappa shape index (κ1) is 23.8. The smallest absolute Gasteiger partial charge is 0.224 e. The number of imidazole rings is 1. The van der Waals surface area contributed by atoms with Crippen LogP contribution in [0.4, 0.5) is 0 Å². The van der Waals surface area contributed by atoms with Crippen LogP contribution in [0.2, 0.25) is 10.0 Å². The number of amides is 1. The zero-order valence-corrected chi connectivity index (χ0v) is 20.2. The van der Waals surface area contributed by atoms with Crippen molar-refractivity contribution in [1.82, 2.24) is 19.2 Å². The lowest BCUT2D eigenvalue weighted by atomic mass is 9.99. The van der Waals surface area contributed by atoms with E-state index in [2.05, 4.69) is 10.3 Å². The normalized spacial score (nSPS) is 17.1. The molecule has 1 atom stereocenters. The first-order valence-electron chi connectivity index (χ1n) is 10.6. The molecule has 3 aromatic rings. The Labute approximate surface area is 203 Å². The molecule has 1 aliphatic heterocycles. The van der Waals surface area contributed by atoms with E-state index in [1.54, 1.807) is 30.7 Å². The Morgan fingerprint density at radius 3 is 2.52 bits per heavy atom. The van der Waals surface area contributed by atoms with Gasteiger partial charge < -0.3 is 9.88 Å².